The Morgan fingerprint density at radius 2 is 2.10 bits per heavy atom. The van der Waals surface area contributed by atoms with Crippen LogP contribution in [0, 0.1) is 0 Å². The van der Waals surface area contributed by atoms with E-state index in [0.29, 0.717) is 17.2 Å². The van der Waals surface area contributed by atoms with Crippen molar-refractivity contribution in [3.63, 3.8) is 0 Å². The van der Waals surface area contributed by atoms with Crippen LogP contribution in [0.4, 0.5) is 10.5 Å². The van der Waals surface area contributed by atoms with Crippen LogP contribution < -0.4 is 10.1 Å². The first-order chi connectivity index (χ1) is 14.0. The van der Waals surface area contributed by atoms with Gasteiger partial charge in [-0.15, -0.1) is 5.10 Å². The minimum atomic E-state index is -0.367. The van der Waals surface area contributed by atoms with E-state index in [0.717, 1.165) is 29.8 Å². The summed E-state index contributed by atoms with van der Waals surface area (Å²) in [4.78, 5) is 22.3. The number of aromatic nitrogens is 4. The lowest BCUT2D eigenvalue weighted by atomic mass is 10.1. The van der Waals surface area contributed by atoms with Crippen molar-refractivity contribution < 1.29 is 14.3 Å². The number of nitrogens with zero attached hydrogens (tertiary/aromatic N) is 5. The zero-order chi connectivity index (χ0) is 20.6. The molecule has 0 spiro atoms. The number of fused-ring (bicyclic) bond motifs is 1. The molecule has 152 valence electrons. The largest absolute Gasteiger partial charge is 0.493 e. The molecule has 1 fully saturated rings. The predicted molar refractivity (Wildman–Crippen MR) is 108 cm³/mol. The minimum Gasteiger partial charge on any atom is -0.493 e. The third-order valence-electron chi connectivity index (χ3n) is 5.16. The van der Waals surface area contributed by atoms with Crippen LogP contribution in [0.2, 0.25) is 0 Å². The summed E-state index contributed by atoms with van der Waals surface area (Å²) in [6.07, 6.45) is 4.93. The van der Waals surface area contributed by atoms with Crippen LogP contribution in [0.5, 0.6) is 5.75 Å². The Balaban J connectivity index is 1.75. The van der Waals surface area contributed by atoms with Crippen LogP contribution >= 0.6 is 0 Å². The van der Waals surface area contributed by atoms with Crippen LogP contribution in [-0.2, 0) is 10.2 Å². The number of ether oxygens (including phenoxy) is 2. The van der Waals surface area contributed by atoms with Gasteiger partial charge in [0.2, 0.25) is 0 Å². The highest BCUT2D eigenvalue weighted by atomic mass is 16.6. The van der Waals surface area contributed by atoms with Crippen molar-refractivity contribution in [2.75, 3.05) is 40.2 Å². The topological polar surface area (TPSA) is 93.9 Å². The highest BCUT2D eigenvalue weighted by molar-refractivity contribution is 5.69. The molecule has 3 aromatic rings. The summed E-state index contributed by atoms with van der Waals surface area (Å²) in [7, 11) is 6.78. The molecule has 1 N–H and O–H groups in total. The molecule has 3 heterocycles. The highest BCUT2D eigenvalue weighted by Crippen LogP contribution is 2.47. The average Bonchev–Trinajstić information content (AvgIpc) is 3.40. The maximum absolute atomic E-state index is 11.8. The van der Waals surface area contributed by atoms with Crippen molar-refractivity contribution in [3.05, 3.63) is 36.4 Å². The van der Waals surface area contributed by atoms with Crippen molar-refractivity contribution in [2.45, 2.75) is 18.3 Å². The van der Waals surface area contributed by atoms with E-state index in [4.69, 9.17) is 19.6 Å². The quantitative estimate of drug-likeness (QED) is 0.684. The zero-order valence-electron chi connectivity index (χ0n) is 17.0. The number of carbonyl (C=O) groups is 1. The number of amides is 1. The molecule has 1 aliphatic carbocycles. The molecule has 1 aliphatic rings. The molecule has 3 aromatic heterocycles. The van der Waals surface area contributed by atoms with E-state index in [9.17, 15) is 4.79 Å². The molecule has 29 heavy (non-hydrogen) atoms. The van der Waals surface area contributed by atoms with E-state index in [1.807, 2.05) is 25.2 Å². The first kappa shape index (κ1) is 19.0. The Morgan fingerprint density at radius 1 is 1.31 bits per heavy atom. The number of pyridine rings is 2. The maximum Gasteiger partial charge on any atom is 0.409 e. The lowest BCUT2D eigenvalue weighted by molar-refractivity contribution is 0.107. The van der Waals surface area contributed by atoms with Crippen LogP contribution in [-0.4, -0.2) is 65.4 Å². The number of methoxy groups -OCH3 is 1. The van der Waals surface area contributed by atoms with E-state index >= 15 is 0 Å². The fourth-order valence-electron chi connectivity index (χ4n) is 3.17. The molecule has 1 saturated carbocycles. The zero-order valence-corrected chi connectivity index (χ0v) is 17.0. The van der Waals surface area contributed by atoms with Crippen molar-refractivity contribution in [2.24, 2.45) is 0 Å². The number of hydrogen-bond donors (Lipinski definition) is 1. The van der Waals surface area contributed by atoms with Crippen LogP contribution in [0.25, 0.3) is 16.9 Å². The third kappa shape index (κ3) is 3.43. The van der Waals surface area contributed by atoms with E-state index in [-0.39, 0.29) is 18.1 Å². The molecule has 0 unspecified atom stereocenters. The Kier molecular flexibility index (Phi) is 4.73. The van der Waals surface area contributed by atoms with Gasteiger partial charge in [-0.2, -0.15) is 0 Å². The molecule has 0 aromatic carbocycles. The minimum absolute atomic E-state index is 0.259. The third-order valence-corrected chi connectivity index (χ3v) is 5.16. The summed E-state index contributed by atoms with van der Waals surface area (Å²) in [5.74, 6) is 1.29. The van der Waals surface area contributed by atoms with E-state index in [1.54, 1.807) is 38.1 Å². The van der Waals surface area contributed by atoms with Gasteiger partial charge in [0.15, 0.2) is 17.2 Å². The summed E-state index contributed by atoms with van der Waals surface area (Å²) >= 11 is 0. The van der Waals surface area contributed by atoms with Gasteiger partial charge in [-0.05, 0) is 31.0 Å². The van der Waals surface area contributed by atoms with Crippen LogP contribution in [0.3, 0.4) is 0 Å². The van der Waals surface area contributed by atoms with Gasteiger partial charge in [0.1, 0.15) is 6.61 Å². The molecule has 1 amide bonds. The number of anilines is 1. The number of rotatable bonds is 6. The molecular weight excluding hydrogens is 372 g/mol. The van der Waals surface area contributed by atoms with Gasteiger partial charge in [0, 0.05) is 39.1 Å². The summed E-state index contributed by atoms with van der Waals surface area (Å²) in [5, 5.41) is 7.88. The summed E-state index contributed by atoms with van der Waals surface area (Å²) in [6, 6.07) is 5.81. The molecular formula is C20H24N6O3. The Hall–Kier alpha value is -3.36. The summed E-state index contributed by atoms with van der Waals surface area (Å²) < 4.78 is 12.7. The fraction of sp³-hybridized carbons (Fsp3) is 0.400. The molecule has 9 heteroatoms. The Labute approximate surface area is 168 Å². The second kappa shape index (κ2) is 7.23. The van der Waals surface area contributed by atoms with E-state index in [2.05, 4.69) is 10.3 Å². The normalized spacial score (nSPS) is 14.5. The summed E-state index contributed by atoms with van der Waals surface area (Å²) in [5.41, 5.74) is 2.95. The summed E-state index contributed by atoms with van der Waals surface area (Å²) in [6.45, 7) is 0.259. The van der Waals surface area contributed by atoms with Gasteiger partial charge in [0.25, 0.3) is 0 Å². The lowest BCUT2D eigenvalue weighted by Crippen LogP contribution is -2.27. The second-order valence-corrected chi connectivity index (χ2v) is 7.40. The lowest BCUT2D eigenvalue weighted by Gasteiger charge is -2.15. The molecule has 0 atom stereocenters. The first-order valence-corrected chi connectivity index (χ1v) is 9.39. The average molecular weight is 396 g/mol. The Bertz CT molecular complexity index is 1060. The first-order valence-electron chi connectivity index (χ1n) is 9.39. The number of hydrogen-bond acceptors (Lipinski definition) is 7. The molecule has 0 aliphatic heterocycles. The molecule has 0 saturated heterocycles. The van der Waals surface area contributed by atoms with Crippen molar-refractivity contribution in [1.82, 2.24) is 24.5 Å². The van der Waals surface area contributed by atoms with Gasteiger partial charge in [-0.1, -0.05) is 0 Å². The SMILES string of the molecule is CNc1cncc(-c2ccc(OC)c3nc(C4(COC(=O)N(C)C)CC4)nn23)c1. The fourth-order valence-corrected chi connectivity index (χ4v) is 3.17. The van der Waals surface area contributed by atoms with Gasteiger partial charge in [0.05, 0.1) is 23.9 Å². The van der Waals surface area contributed by atoms with Crippen LogP contribution in [0.15, 0.2) is 30.6 Å². The molecule has 4 rings (SSSR count). The van der Waals surface area contributed by atoms with Gasteiger partial charge in [-0.3, -0.25) is 4.98 Å². The van der Waals surface area contributed by atoms with Gasteiger partial charge < -0.3 is 19.7 Å². The number of nitrogens with one attached hydrogen (secondary N) is 1. The van der Waals surface area contributed by atoms with Crippen molar-refractivity contribution in [1.29, 1.82) is 0 Å². The van der Waals surface area contributed by atoms with E-state index in [1.165, 1.54) is 4.90 Å². The standard InChI is InChI=1S/C20H24N6O3/c1-21-14-9-13(10-22-11-14)15-5-6-16(28-4)17-23-18(24-26(15)17)20(7-8-20)12-29-19(27)25(2)3/h5-6,9-11,21H,7-8,12H2,1-4H3. The predicted octanol–water partition coefficient (Wildman–Crippen LogP) is 2.57. The highest BCUT2D eigenvalue weighted by Gasteiger charge is 2.49. The van der Waals surface area contributed by atoms with Gasteiger partial charge in [-0.25, -0.2) is 14.3 Å². The van der Waals surface area contributed by atoms with Crippen LogP contribution in [0.1, 0.15) is 18.7 Å². The maximum atomic E-state index is 11.8. The van der Waals surface area contributed by atoms with E-state index < -0.39 is 0 Å². The molecule has 9 nitrogen and oxygen atoms in total. The van der Waals surface area contributed by atoms with Gasteiger partial charge >= 0.3 is 6.09 Å². The smallest absolute Gasteiger partial charge is 0.409 e. The van der Waals surface area contributed by atoms with Crippen molar-refractivity contribution in [3.8, 4) is 17.0 Å². The second-order valence-electron chi connectivity index (χ2n) is 7.40. The molecule has 0 radical (unpaired) electrons. The Morgan fingerprint density at radius 3 is 2.76 bits per heavy atom. The molecule has 0 bridgehead atoms. The van der Waals surface area contributed by atoms with Crippen molar-refractivity contribution >= 4 is 17.4 Å². The monoisotopic (exact) mass is 396 g/mol. The number of carbonyl (C=O) groups excluding carboxylic acids is 1.